The predicted molar refractivity (Wildman–Crippen MR) is 111 cm³/mol. The number of furan rings is 1. The van der Waals surface area contributed by atoms with Crippen molar-refractivity contribution in [2.45, 2.75) is 95.8 Å². The third kappa shape index (κ3) is 2.99. The van der Waals surface area contributed by atoms with Gasteiger partial charge in [-0.1, -0.05) is 32.1 Å². The van der Waals surface area contributed by atoms with E-state index < -0.39 is 5.54 Å². The molecule has 0 bridgehead atoms. The van der Waals surface area contributed by atoms with E-state index in [1.807, 2.05) is 35.4 Å². The molecule has 2 fully saturated rings. The Morgan fingerprint density at radius 1 is 1.10 bits per heavy atom. The molecule has 1 atom stereocenters. The highest BCUT2D eigenvalue weighted by atomic mass is 16.3. The van der Waals surface area contributed by atoms with Gasteiger partial charge < -0.3 is 19.2 Å². The molecule has 0 saturated heterocycles. The van der Waals surface area contributed by atoms with Crippen molar-refractivity contribution in [2.75, 3.05) is 0 Å². The minimum absolute atomic E-state index is 0.00244. The number of nitrogens with one attached hydrogen (secondary N) is 1. The summed E-state index contributed by atoms with van der Waals surface area (Å²) in [5, 5.41) is 3.31. The van der Waals surface area contributed by atoms with E-state index in [-0.39, 0.29) is 23.9 Å². The number of aryl methyl sites for hydroxylation is 1. The highest BCUT2D eigenvalue weighted by molar-refractivity contribution is 6.03. The molecule has 5 rings (SSSR count). The van der Waals surface area contributed by atoms with E-state index in [0.29, 0.717) is 12.2 Å². The first-order valence-corrected chi connectivity index (χ1v) is 11.2. The van der Waals surface area contributed by atoms with Crippen molar-refractivity contribution in [1.29, 1.82) is 0 Å². The lowest BCUT2D eigenvalue weighted by Crippen LogP contribution is -2.67. The van der Waals surface area contributed by atoms with Crippen LogP contribution >= 0.6 is 0 Å². The molecular weight excluding hydrogens is 366 g/mol. The van der Waals surface area contributed by atoms with Crippen LogP contribution in [0.25, 0.3) is 11.1 Å². The van der Waals surface area contributed by atoms with Crippen molar-refractivity contribution in [3.05, 3.63) is 23.6 Å². The number of nitrogens with zero attached hydrogens (tertiary/aromatic N) is 2. The SMILES string of the molecule is Cc1cc2c(cc3n2C[C@](C)(C(=O)NC2CCCCC2)N(C2CCCC2)C3=O)o1. The van der Waals surface area contributed by atoms with E-state index in [1.54, 1.807) is 0 Å². The molecule has 0 unspecified atom stereocenters. The van der Waals surface area contributed by atoms with Gasteiger partial charge >= 0.3 is 0 Å². The molecule has 1 aliphatic heterocycles. The molecule has 3 heterocycles. The summed E-state index contributed by atoms with van der Waals surface area (Å²) in [4.78, 5) is 29.2. The molecular formula is C23H31N3O3. The first kappa shape index (κ1) is 18.8. The summed E-state index contributed by atoms with van der Waals surface area (Å²) in [6, 6.07) is 4.19. The van der Waals surface area contributed by atoms with Gasteiger partial charge in [-0.25, -0.2) is 0 Å². The van der Waals surface area contributed by atoms with E-state index >= 15 is 0 Å². The zero-order chi connectivity index (χ0) is 20.2. The van der Waals surface area contributed by atoms with Gasteiger partial charge in [0.05, 0.1) is 12.1 Å². The van der Waals surface area contributed by atoms with Crippen LogP contribution in [0, 0.1) is 6.92 Å². The lowest BCUT2D eigenvalue weighted by atomic mass is 9.90. The van der Waals surface area contributed by atoms with Gasteiger partial charge in [0, 0.05) is 24.2 Å². The molecule has 0 aromatic carbocycles. The molecule has 2 saturated carbocycles. The number of rotatable bonds is 3. The lowest BCUT2D eigenvalue weighted by Gasteiger charge is -2.47. The van der Waals surface area contributed by atoms with Crippen LogP contribution in [0.4, 0.5) is 0 Å². The summed E-state index contributed by atoms with van der Waals surface area (Å²) >= 11 is 0. The van der Waals surface area contributed by atoms with Crippen LogP contribution in [0.1, 0.15) is 81.0 Å². The van der Waals surface area contributed by atoms with Crippen LogP contribution < -0.4 is 5.32 Å². The molecule has 3 aliphatic rings. The smallest absolute Gasteiger partial charge is 0.271 e. The van der Waals surface area contributed by atoms with Crippen LogP contribution in [0.5, 0.6) is 0 Å². The first-order chi connectivity index (χ1) is 14.0. The zero-order valence-electron chi connectivity index (χ0n) is 17.5. The summed E-state index contributed by atoms with van der Waals surface area (Å²) < 4.78 is 7.79. The molecule has 2 aliphatic carbocycles. The maximum Gasteiger partial charge on any atom is 0.271 e. The fraction of sp³-hybridized carbons (Fsp3) is 0.652. The van der Waals surface area contributed by atoms with Crippen LogP contribution in [0.3, 0.4) is 0 Å². The summed E-state index contributed by atoms with van der Waals surface area (Å²) in [5.74, 6) is 0.787. The van der Waals surface area contributed by atoms with E-state index in [0.717, 1.165) is 55.4 Å². The van der Waals surface area contributed by atoms with Crippen LogP contribution in [-0.4, -0.2) is 38.9 Å². The van der Waals surface area contributed by atoms with Crippen molar-refractivity contribution in [2.24, 2.45) is 0 Å². The van der Waals surface area contributed by atoms with E-state index in [1.165, 1.54) is 19.3 Å². The molecule has 2 aromatic rings. The zero-order valence-corrected chi connectivity index (χ0v) is 17.5. The number of hydrogen-bond acceptors (Lipinski definition) is 3. The lowest BCUT2D eigenvalue weighted by molar-refractivity contribution is -0.135. The Balaban J connectivity index is 1.54. The molecule has 0 spiro atoms. The molecule has 29 heavy (non-hydrogen) atoms. The van der Waals surface area contributed by atoms with Gasteiger partial charge in [-0.2, -0.15) is 0 Å². The maximum absolute atomic E-state index is 13.7. The Bertz CT molecular complexity index is 946. The van der Waals surface area contributed by atoms with Gasteiger partial charge in [0.1, 0.15) is 17.0 Å². The minimum Gasteiger partial charge on any atom is -0.460 e. The Hall–Kier alpha value is -2.24. The van der Waals surface area contributed by atoms with Crippen molar-refractivity contribution in [3.8, 4) is 0 Å². The topological polar surface area (TPSA) is 67.5 Å². The third-order valence-electron chi connectivity index (χ3n) is 7.27. The van der Waals surface area contributed by atoms with Gasteiger partial charge in [-0.05, 0) is 39.5 Å². The Labute approximate surface area is 171 Å². The fourth-order valence-electron chi connectivity index (χ4n) is 5.74. The standard InChI is InChI=1S/C23H31N3O3/c1-15-12-18-20(29-15)13-19-21(27)26(17-10-6-7-11-17)23(2,14-25(18)19)22(28)24-16-8-4-3-5-9-16/h12-13,16-17H,3-11,14H2,1-2H3,(H,24,28)/t23-/m1/s1. The Morgan fingerprint density at radius 2 is 1.79 bits per heavy atom. The number of hydrogen-bond donors (Lipinski definition) is 1. The summed E-state index contributed by atoms with van der Waals surface area (Å²) in [7, 11) is 0. The largest absolute Gasteiger partial charge is 0.460 e. The summed E-state index contributed by atoms with van der Waals surface area (Å²) in [6.07, 6.45) is 9.88. The second-order valence-corrected chi connectivity index (χ2v) is 9.42. The van der Waals surface area contributed by atoms with Gasteiger partial charge in [-0.3, -0.25) is 9.59 Å². The number of carbonyl (C=O) groups is 2. The number of aromatic nitrogens is 1. The Kier molecular flexibility index (Phi) is 4.48. The van der Waals surface area contributed by atoms with E-state index in [4.69, 9.17) is 4.42 Å². The average Bonchev–Trinajstić information content (AvgIpc) is 3.40. The first-order valence-electron chi connectivity index (χ1n) is 11.2. The monoisotopic (exact) mass is 397 g/mol. The minimum atomic E-state index is -0.881. The molecule has 2 amide bonds. The maximum atomic E-state index is 13.7. The van der Waals surface area contributed by atoms with Crippen LogP contribution in [0.15, 0.2) is 16.5 Å². The predicted octanol–water partition coefficient (Wildman–Crippen LogP) is 4.15. The Morgan fingerprint density at radius 3 is 2.52 bits per heavy atom. The van der Waals surface area contributed by atoms with E-state index in [2.05, 4.69) is 5.32 Å². The highest BCUT2D eigenvalue weighted by Gasteiger charge is 2.51. The molecule has 1 N–H and O–H groups in total. The quantitative estimate of drug-likeness (QED) is 0.846. The van der Waals surface area contributed by atoms with Gasteiger partial charge in [-0.15, -0.1) is 0 Å². The molecule has 2 aromatic heterocycles. The second-order valence-electron chi connectivity index (χ2n) is 9.42. The molecule has 0 radical (unpaired) electrons. The van der Waals surface area contributed by atoms with Gasteiger partial charge in [0.2, 0.25) is 5.91 Å². The molecule has 156 valence electrons. The van der Waals surface area contributed by atoms with Crippen molar-refractivity contribution in [1.82, 2.24) is 14.8 Å². The van der Waals surface area contributed by atoms with Crippen molar-refractivity contribution < 1.29 is 14.0 Å². The molecule has 6 heteroatoms. The average molecular weight is 398 g/mol. The van der Waals surface area contributed by atoms with Gasteiger partial charge in [0.15, 0.2) is 5.58 Å². The van der Waals surface area contributed by atoms with Gasteiger partial charge in [0.25, 0.3) is 5.91 Å². The normalized spacial score (nSPS) is 26.3. The second kappa shape index (κ2) is 6.92. The van der Waals surface area contributed by atoms with Crippen molar-refractivity contribution >= 4 is 22.9 Å². The molecule has 6 nitrogen and oxygen atoms in total. The summed E-state index contributed by atoms with van der Waals surface area (Å²) in [6.45, 7) is 4.35. The summed E-state index contributed by atoms with van der Waals surface area (Å²) in [5.41, 5.74) is 1.41. The number of amides is 2. The number of carbonyl (C=O) groups excluding carboxylic acids is 2. The van der Waals surface area contributed by atoms with E-state index in [9.17, 15) is 9.59 Å². The third-order valence-corrected chi connectivity index (χ3v) is 7.27. The van der Waals surface area contributed by atoms with Crippen LogP contribution in [0.2, 0.25) is 0 Å². The fourth-order valence-corrected chi connectivity index (χ4v) is 5.74. The van der Waals surface area contributed by atoms with Crippen molar-refractivity contribution in [3.63, 3.8) is 0 Å². The number of fused-ring (bicyclic) bond motifs is 3. The van der Waals surface area contributed by atoms with Crippen LogP contribution in [-0.2, 0) is 11.3 Å². The highest BCUT2D eigenvalue weighted by Crippen LogP contribution is 2.38.